The number of aromatic nitrogens is 1. The Kier molecular flexibility index (Phi) is 4.97. The van der Waals surface area contributed by atoms with Crippen LogP contribution in [0.5, 0.6) is 5.75 Å². The third kappa shape index (κ3) is 3.31. The summed E-state index contributed by atoms with van der Waals surface area (Å²) in [5.74, 6) is -2.04. The summed E-state index contributed by atoms with van der Waals surface area (Å²) in [6.07, 6.45) is -4.80. The van der Waals surface area contributed by atoms with Crippen molar-refractivity contribution < 1.29 is 27.5 Å². The quantitative estimate of drug-likeness (QED) is 0.597. The maximum absolute atomic E-state index is 13.5. The summed E-state index contributed by atoms with van der Waals surface area (Å²) in [6, 6.07) is 11.5. The first-order valence-corrected chi connectivity index (χ1v) is 9.45. The molecule has 0 saturated heterocycles. The molecule has 1 aromatic heterocycles. The van der Waals surface area contributed by atoms with Gasteiger partial charge in [0.1, 0.15) is 5.75 Å². The molecule has 0 saturated carbocycles. The minimum Gasteiger partial charge on any atom is -0.496 e. The number of para-hydroxylation sites is 1. The lowest BCUT2D eigenvalue weighted by Gasteiger charge is -2.29. The van der Waals surface area contributed by atoms with Gasteiger partial charge in [-0.25, -0.2) is 0 Å². The summed E-state index contributed by atoms with van der Waals surface area (Å²) in [6.45, 7) is -0.430. The van der Waals surface area contributed by atoms with E-state index < -0.39 is 18.0 Å². The first-order valence-electron chi connectivity index (χ1n) is 9.08. The van der Waals surface area contributed by atoms with Crippen LogP contribution in [0.3, 0.4) is 0 Å². The Morgan fingerprint density at radius 3 is 2.57 bits per heavy atom. The van der Waals surface area contributed by atoms with Gasteiger partial charge in [0.2, 0.25) is 0 Å². The van der Waals surface area contributed by atoms with E-state index in [2.05, 4.69) is 0 Å². The van der Waals surface area contributed by atoms with Gasteiger partial charge in [-0.1, -0.05) is 23.7 Å². The average Bonchev–Trinajstić information content (AvgIpc) is 3.04. The van der Waals surface area contributed by atoms with Gasteiger partial charge in [0.25, 0.3) is 5.91 Å². The van der Waals surface area contributed by atoms with E-state index in [1.807, 2.05) is 0 Å². The number of carbonyl (C=O) groups excluding carboxylic acids is 2. The van der Waals surface area contributed by atoms with Gasteiger partial charge in [-0.3, -0.25) is 14.2 Å². The number of amides is 1. The Morgan fingerprint density at radius 1 is 1.13 bits per heavy atom. The van der Waals surface area contributed by atoms with E-state index in [-0.39, 0.29) is 25.1 Å². The molecule has 2 aromatic carbocycles. The number of rotatable bonds is 2. The van der Waals surface area contributed by atoms with E-state index in [0.717, 1.165) is 4.90 Å². The molecule has 1 amide bonds. The summed E-state index contributed by atoms with van der Waals surface area (Å²) in [7, 11) is 1.43. The van der Waals surface area contributed by atoms with E-state index in [4.69, 9.17) is 16.3 Å². The Morgan fingerprint density at radius 2 is 1.87 bits per heavy atom. The highest BCUT2D eigenvalue weighted by molar-refractivity contribution is 6.31. The van der Waals surface area contributed by atoms with Gasteiger partial charge in [-0.15, -0.1) is 0 Å². The minimum absolute atomic E-state index is 0.0974. The van der Waals surface area contributed by atoms with Crippen LogP contribution in [0.1, 0.15) is 21.6 Å². The number of nitrogens with zero attached hydrogens (tertiary/aromatic N) is 2. The molecule has 30 heavy (non-hydrogen) atoms. The van der Waals surface area contributed by atoms with E-state index in [9.17, 15) is 22.8 Å². The van der Waals surface area contributed by atoms with Crippen molar-refractivity contribution >= 4 is 34.3 Å². The summed E-state index contributed by atoms with van der Waals surface area (Å²) in [5.41, 5.74) is 1.82. The third-order valence-electron chi connectivity index (χ3n) is 5.19. The molecule has 0 bridgehead atoms. The van der Waals surface area contributed by atoms with Crippen LogP contribution in [0, 0.1) is 0 Å². The highest BCUT2D eigenvalue weighted by Crippen LogP contribution is 2.35. The lowest BCUT2D eigenvalue weighted by Crippen LogP contribution is -2.44. The maximum Gasteiger partial charge on any atom is 0.471 e. The van der Waals surface area contributed by atoms with E-state index in [1.165, 1.54) is 11.7 Å². The number of benzene rings is 2. The Hall–Kier alpha value is -3.00. The second-order valence-corrected chi connectivity index (χ2v) is 7.34. The summed E-state index contributed by atoms with van der Waals surface area (Å²) in [5, 5.41) is 1.13. The number of hydrogen-bond donors (Lipinski definition) is 0. The Balaban J connectivity index is 1.90. The Labute approximate surface area is 174 Å². The van der Waals surface area contributed by atoms with Gasteiger partial charge >= 0.3 is 12.1 Å². The Bertz CT molecular complexity index is 1170. The molecule has 0 N–H and O–H groups in total. The summed E-state index contributed by atoms with van der Waals surface area (Å²) >= 11 is 6.13. The van der Waals surface area contributed by atoms with Crippen molar-refractivity contribution in [3.63, 3.8) is 0 Å². The van der Waals surface area contributed by atoms with Crippen LogP contribution in [0.2, 0.25) is 5.02 Å². The van der Waals surface area contributed by atoms with E-state index >= 15 is 0 Å². The molecule has 0 fully saturated rings. The van der Waals surface area contributed by atoms with Crippen molar-refractivity contribution in [1.82, 2.24) is 9.47 Å². The second-order valence-electron chi connectivity index (χ2n) is 6.90. The molecule has 3 aromatic rings. The van der Waals surface area contributed by atoms with Crippen molar-refractivity contribution in [1.29, 1.82) is 0 Å². The molecule has 0 unspecified atom stereocenters. The largest absolute Gasteiger partial charge is 0.496 e. The monoisotopic (exact) mass is 436 g/mol. The lowest BCUT2D eigenvalue weighted by molar-refractivity contribution is -0.186. The topological polar surface area (TPSA) is 51.5 Å². The molecule has 9 heteroatoms. The highest BCUT2D eigenvalue weighted by atomic mass is 35.5. The zero-order valence-electron chi connectivity index (χ0n) is 15.8. The van der Waals surface area contributed by atoms with Crippen LogP contribution in [0.25, 0.3) is 10.9 Å². The minimum atomic E-state index is -4.98. The number of hydrogen-bond acceptors (Lipinski definition) is 3. The number of alkyl halides is 3. The SMILES string of the molecule is COc1ccccc1C(=O)n1c2c(c3cc(Cl)ccc31)CCN(C(=O)C(F)(F)F)C2. The fourth-order valence-corrected chi connectivity index (χ4v) is 4.03. The van der Waals surface area contributed by atoms with Gasteiger partial charge in [0.05, 0.1) is 24.7 Å². The van der Waals surface area contributed by atoms with Crippen molar-refractivity contribution in [2.75, 3.05) is 13.7 Å². The lowest BCUT2D eigenvalue weighted by atomic mass is 10.0. The van der Waals surface area contributed by atoms with Crippen molar-refractivity contribution in [3.05, 3.63) is 64.3 Å². The molecule has 1 aliphatic heterocycles. The highest BCUT2D eigenvalue weighted by Gasteiger charge is 2.44. The molecule has 5 nitrogen and oxygen atoms in total. The first kappa shape index (κ1) is 20.3. The first-order chi connectivity index (χ1) is 14.2. The standard InChI is InChI=1S/C21H16ClF3N2O3/c1-30-18-5-3-2-4-14(18)19(28)27-16-7-6-12(22)10-15(16)13-8-9-26(11-17(13)27)20(29)21(23,24)25/h2-7,10H,8-9,11H2,1H3. The molecule has 0 radical (unpaired) electrons. The summed E-state index contributed by atoms with van der Waals surface area (Å²) < 4.78 is 45.6. The number of fused-ring (bicyclic) bond motifs is 3. The third-order valence-corrected chi connectivity index (χ3v) is 5.42. The smallest absolute Gasteiger partial charge is 0.471 e. The number of halogens is 4. The van der Waals surface area contributed by atoms with Gasteiger partial charge in [-0.2, -0.15) is 13.2 Å². The van der Waals surface area contributed by atoms with Crippen LogP contribution in [-0.2, 0) is 17.8 Å². The normalized spacial score (nSPS) is 14.0. The van der Waals surface area contributed by atoms with Crippen molar-refractivity contribution in [2.24, 2.45) is 0 Å². The van der Waals surface area contributed by atoms with Crippen molar-refractivity contribution in [2.45, 2.75) is 19.1 Å². The predicted octanol–water partition coefficient (Wildman–Crippen LogP) is 4.44. The zero-order chi connectivity index (χ0) is 21.6. The number of methoxy groups -OCH3 is 1. The molecular formula is C21H16ClF3N2O3. The van der Waals surface area contributed by atoms with Crippen LogP contribution in [0.4, 0.5) is 13.2 Å². The molecule has 0 atom stereocenters. The van der Waals surface area contributed by atoms with Crippen molar-refractivity contribution in [3.8, 4) is 5.75 Å². The van der Waals surface area contributed by atoms with E-state index in [1.54, 1.807) is 42.5 Å². The fourth-order valence-electron chi connectivity index (χ4n) is 3.86. The number of carbonyl (C=O) groups is 2. The van der Waals surface area contributed by atoms with Gasteiger partial charge in [-0.05, 0) is 42.3 Å². The predicted molar refractivity (Wildman–Crippen MR) is 105 cm³/mol. The maximum atomic E-state index is 13.5. The van der Waals surface area contributed by atoms with Crippen LogP contribution < -0.4 is 4.74 Å². The molecule has 0 spiro atoms. The fraction of sp³-hybridized carbons (Fsp3) is 0.238. The molecule has 4 rings (SSSR count). The van der Waals surface area contributed by atoms with Crippen LogP contribution in [0.15, 0.2) is 42.5 Å². The molecule has 1 aliphatic rings. The van der Waals surface area contributed by atoms with Crippen LogP contribution in [-0.4, -0.2) is 41.1 Å². The molecular weight excluding hydrogens is 421 g/mol. The summed E-state index contributed by atoms with van der Waals surface area (Å²) in [4.78, 5) is 26.0. The van der Waals surface area contributed by atoms with Gasteiger partial charge < -0.3 is 9.64 Å². The number of ether oxygens (including phenoxy) is 1. The molecule has 2 heterocycles. The van der Waals surface area contributed by atoms with Crippen LogP contribution >= 0.6 is 11.6 Å². The average molecular weight is 437 g/mol. The zero-order valence-corrected chi connectivity index (χ0v) is 16.5. The molecule has 0 aliphatic carbocycles. The van der Waals surface area contributed by atoms with E-state index in [0.29, 0.717) is 32.9 Å². The van der Waals surface area contributed by atoms with Gasteiger partial charge in [0.15, 0.2) is 0 Å². The second kappa shape index (κ2) is 7.36. The molecule has 156 valence electrons. The van der Waals surface area contributed by atoms with Gasteiger partial charge in [0, 0.05) is 22.6 Å².